The van der Waals surface area contributed by atoms with Gasteiger partial charge in [0.1, 0.15) is 0 Å². The topological polar surface area (TPSA) is 67.5 Å². The number of halogens is 1. The van der Waals surface area contributed by atoms with Crippen LogP contribution >= 0.6 is 11.6 Å². The van der Waals surface area contributed by atoms with Crippen molar-refractivity contribution in [1.82, 2.24) is 4.98 Å². The highest BCUT2D eigenvalue weighted by atomic mass is 35.5. The lowest BCUT2D eigenvalue weighted by Crippen LogP contribution is -2.40. The maximum atomic E-state index is 8.62. The van der Waals surface area contributed by atoms with E-state index in [1.807, 2.05) is 6.92 Å². The molecule has 1 aromatic rings. The molecule has 0 atom stereocenters. The number of nitrogens with zero attached hydrogens (tertiary/aromatic N) is 3. The number of aromatic nitrogens is 1. The molecule has 0 aromatic carbocycles. The molecule has 0 amide bonds. The summed E-state index contributed by atoms with van der Waals surface area (Å²) in [5.74, 6) is 0.596. The Balaban J connectivity index is 2.89. The van der Waals surface area contributed by atoms with Gasteiger partial charge in [-0.15, -0.1) is 4.99 Å². The van der Waals surface area contributed by atoms with Crippen molar-refractivity contribution in [3.05, 3.63) is 23.4 Å². The SMILES string of the molecule is CCO/C(=N\C#N)C(C)(C)Oc1ccc(Cl)cn1. The van der Waals surface area contributed by atoms with E-state index in [4.69, 9.17) is 26.3 Å². The fourth-order valence-corrected chi connectivity index (χ4v) is 1.36. The fraction of sp³-hybridized carbons (Fsp3) is 0.417. The zero-order valence-corrected chi connectivity index (χ0v) is 11.2. The molecule has 5 nitrogen and oxygen atoms in total. The lowest BCUT2D eigenvalue weighted by atomic mass is 10.1. The van der Waals surface area contributed by atoms with Gasteiger partial charge in [0, 0.05) is 12.3 Å². The summed E-state index contributed by atoms with van der Waals surface area (Å²) in [6.45, 7) is 5.70. The van der Waals surface area contributed by atoms with Crippen molar-refractivity contribution in [3.63, 3.8) is 0 Å². The molecule has 0 aliphatic heterocycles. The number of ether oxygens (including phenoxy) is 2. The summed E-state index contributed by atoms with van der Waals surface area (Å²) in [5.41, 5.74) is -0.882. The van der Waals surface area contributed by atoms with Crippen LogP contribution in [0.25, 0.3) is 0 Å². The Kier molecular flexibility index (Phi) is 4.93. The average Bonchev–Trinajstić information content (AvgIpc) is 2.32. The molecule has 6 heteroatoms. The first-order chi connectivity index (χ1) is 8.49. The van der Waals surface area contributed by atoms with Gasteiger partial charge >= 0.3 is 0 Å². The molecule has 0 N–H and O–H groups in total. The van der Waals surface area contributed by atoms with Crippen molar-refractivity contribution in [2.45, 2.75) is 26.4 Å². The second-order valence-corrected chi connectivity index (χ2v) is 4.31. The first-order valence-corrected chi connectivity index (χ1v) is 5.78. The first-order valence-electron chi connectivity index (χ1n) is 5.40. The third-order valence-electron chi connectivity index (χ3n) is 2.01. The Hall–Kier alpha value is -1.80. The number of pyridine rings is 1. The molecule has 96 valence electrons. The Morgan fingerprint density at radius 2 is 2.28 bits per heavy atom. The average molecular weight is 268 g/mol. The number of hydrogen-bond donors (Lipinski definition) is 0. The van der Waals surface area contributed by atoms with E-state index < -0.39 is 5.60 Å². The van der Waals surface area contributed by atoms with E-state index in [-0.39, 0.29) is 5.90 Å². The van der Waals surface area contributed by atoms with Crippen LogP contribution in [0.15, 0.2) is 23.3 Å². The molecule has 0 spiro atoms. The number of aliphatic imine (C=N–C) groups is 1. The Bertz CT molecular complexity index is 463. The van der Waals surface area contributed by atoms with E-state index in [9.17, 15) is 0 Å². The monoisotopic (exact) mass is 267 g/mol. The van der Waals surface area contributed by atoms with Crippen molar-refractivity contribution in [2.75, 3.05) is 6.61 Å². The van der Waals surface area contributed by atoms with E-state index in [1.54, 1.807) is 32.2 Å². The minimum absolute atomic E-state index is 0.212. The molecule has 1 aromatic heterocycles. The Labute approximate surface area is 111 Å². The van der Waals surface area contributed by atoms with Gasteiger partial charge in [-0.2, -0.15) is 5.26 Å². The van der Waals surface area contributed by atoms with Gasteiger partial charge in [0.25, 0.3) is 0 Å². The maximum absolute atomic E-state index is 8.62. The summed E-state index contributed by atoms with van der Waals surface area (Å²) >= 11 is 5.74. The quantitative estimate of drug-likeness (QED) is 0.478. The van der Waals surface area contributed by atoms with E-state index in [2.05, 4.69) is 9.98 Å². The molecule has 0 aliphatic rings. The summed E-state index contributed by atoms with van der Waals surface area (Å²) in [7, 11) is 0. The summed E-state index contributed by atoms with van der Waals surface area (Å²) < 4.78 is 10.9. The maximum Gasteiger partial charge on any atom is 0.243 e. The predicted octanol–water partition coefficient (Wildman–Crippen LogP) is 2.81. The lowest BCUT2D eigenvalue weighted by molar-refractivity contribution is 0.134. The standard InChI is InChI=1S/C12H14ClN3O2/c1-4-17-11(16-8-14)12(2,3)18-10-6-5-9(13)7-15-10/h5-7H,4H2,1-3H3/b16-11-. The molecule has 0 radical (unpaired) electrons. The van der Waals surface area contributed by atoms with E-state index >= 15 is 0 Å². The van der Waals surface area contributed by atoms with Crippen molar-refractivity contribution < 1.29 is 9.47 Å². The van der Waals surface area contributed by atoms with Crippen LogP contribution in [0.5, 0.6) is 5.88 Å². The molecule has 0 unspecified atom stereocenters. The van der Waals surface area contributed by atoms with Gasteiger partial charge in [-0.3, -0.25) is 0 Å². The highest BCUT2D eigenvalue weighted by molar-refractivity contribution is 6.30. The normalized spacial score (nSPS) is 11.8. The van der Waals surface area contributed by atoms with Gasteiger partial charge in [0.15, 0.2) is 5.60 Å². The molecule has 0 aliphatic carbocycles. The second kappa shape index (κ2) is 6.22. The van der Waals surface area contributed by atoms with E-state index in [1.165, 1.54) is 6.20 Å². The zero-order valence-electron chi connectivity index (χ0n) is 10.5. The largest absolute Gasteiger partial charge is 0.478 e. The van der Waals surface area contributed by atoms with Gasteiger partial charge in [0.2, 0.25) is 18.0 Å². The summed E-state index contributed by atoms with van der Waals surface area (Å²) in [6, 6.07) is 3.31. The molecule has 0 saturated carbocycles. The smallest absolute Gasteiger partial charge is 0.243 e. The summed E-state index contributed by atoms with van der Waals surface area (Å²) in [4.78, 5) is 7.64. The second-order valence-electron chi connectivity index (χ2n) is 3.88. The van der Waals surface area contributed by atoms with Crippen LogP contribution in [0.4, 0.5) is 0 Å². The number of rotatable bonds is 4. The highest BCUT2D eigenvalue weighted by Gasteiger charge is 2.30. The minimum atomic E-state index is -0.882. The van der Waals surface area contributed by atoms with Crippen LogP contribution in [0.2, 0.25) is 5.02 Å². The molecule has 0 saturated heterocycles. The lowest BCUT2D eigenvalue weighted by Gasteiger charge is -2.25. The summed E-state index contributed by atoms with van der Waals surface area (Å²) in [6.07, 6.45) is 3.18. The van der Waals surface area contributed by atoms with E-state index in [0.717, 1.165) is 0 Å². The third-order valence-corrected chi connectivity index (χ3v) is 2.23. The van der Waals surface area contributed by atoms with Crippen LogP contribution in [0, 0.1) is 11.5 Å². The number of nitriles is 1. The van der Waals surface area contributed by atoms with Gasteiger partial charge in [0.05, 0.1) is 11.6 Å². The first kappa shape index (κ1) is 14.3. The van der Waals surface area contributed by atoms with Crippen LogP contribution in [-0.2, 0) is 4.74 Å². The molecule has 0 bridgehead atoms. The molecule has 1 heterocycles. The van der Waals surface area contributed by atoms with Crippen molar-refractivity contribution in [3.8, 4) is 12.1 Å². The van der Waals surface area contributed by atoms with Gasteiger partial charge in [-0.25, -0.2) is 4.98 Å². The fourth-order valence-electron chi connectivity index (χ4n) is 1.25. The van der Waals surface area contributed by atoms with Crippen molar-refractivity contribution in [2.24, 2.45) is 4.99 Å². The van der Waals surface area contributed by atoms with E-state index in [0.29, 0.717) is 17.5 Å². The molecular formula is C12H14ClN3O2. The molecule has 1 rings (SSSR count). The Morgan fingerprint density at radius 1 is 1.56 bits per heavy atom. The Morgan fingerprint density at radius 3 is 2.78 bits per heavy atom. The molecule has 18 heavy (non-hydrogen) atoms. The minimum Gasteiger partial charge on any atom is -0.478 e. The van der Waals surface area contributed by atoms with Gasteiger partial charge in [-0.1, -0.05) is 11.6 Å². The van der Waals surface area contributed by atoms with Crippen LogP contribution < -0.4 is 4.74 Å². The molecular weight excluding hydrogens is 254 g/mol. The van der Waals surface area contributed by atoms with Gasteiger partial charge < -0.3 is 9.47 Å². The number of hydrogen-bond acceptors (Lipinski definition) is 5. The van der Waals surface area contributed by atoms with Gasteiger partial charge in [-0.05, 0) is 26.8 Å². The van der Waals surface area contributed by atoms with Crippen LogP contribution in [0.3, 0.4) is 0 Å². The third kappa shape index (κ3) is 3.90. The van der Waals surface area contributed by atoms with Crippen molar-refractivity contribution in [1.29, 1.82) is 5.26 Å². The van der Waals surface area contributed by atoms with Crippen LogP contribution in [0.1, 0.15) is 20.8 Å². The predicted molar refractivity (Wildman–Crippen MR) is 68.6 cm³/mol. The summed E-state index contributed by atoms with van der Waals surface area (Å²) in [5, 5.41) is 9.15. The van der Waals surface area contributed by atoms with Crippen LogP contribution in [-0.4, -0.2) is 23.1 Å². The zero-order chi connectivity index (χ0) is 13.6. The highest BCUT2D eigenvalue weighted by Crippen LogP contribution is 2.19. The van der Waals surface area contributed by atoms with Crippen molar-refractivity contribution >= 4 is 17.5 Å². The molecule has 0 fully saturated rings.